The van der Waals surface area contributed by atoms with E-state index in [1.807, 2.05) is 0 Å². The van der Waals surface area contributed by atoms with E-state index in [9.17, 15) is 9.18 Å². The highest BCUT2D eigenvalue weighted by Crippen LogP contribution is 2.28. The van der Waals surface area contributed by atoms with Crippen LogP contribution in [0.15, 0.2) is 42.7 Å². The first kappa shape index (κ1) is 15.5. The molecule has 8 heteroatoms. The first-order valence-corrected chi connectivity index (χ1v) is 7.10. The Balaban J connectivity index is 2.25. The fourth-order valence-corrected chi connectivity index (χ4v) is 2.50. The molecule has 5 nitrogen and oxygen atoms in total. The van der Waals surface area contributed by atoms with E-state index >= 15 is 0 Å². The van der Waals surface area contributed by atoms with Crippen molar-refractivity contribution < 1.29 is 14.3 Å². The summed E-state index contributed by atoms with van der Waals surface area (Å²) in [5, 5.41) is 13.7. The van der Waals surface area contributed by atoms with Gasteiger partial charge in [-0.05, 0) is 30.3 Å². The van der Waals surface area contributed by atoms with Gasteiger partial charge in [-0.15, -0.1) is 0 Å². The first-order valence-electron chi connectivity index (χ1n) is 6.35. The lowest BCUT2D eigenvalue weighted by Crippen LogP contribution is -2.02. The van der Waals surface area contributed by atoms with Crippen LogP contribution in [0.3, 0.4) is 0 Å². The second kappa shape index (κ2) is 5.98. The minimum atomic E-state index is -1.21. The van der Waals surface area contributed by atoms with Crippen LogP contribution in [-0.4, -0.2) is 25.8 Å². The lowest BCUT2D eigenvalue weighted by atomic mass is 10.1. The summed E-state index contributed by atoms with van der Waals surface area (Å²) in [5.74, 6) is -1.75. The van der Waals surface area contributed by atoms with Gasteiger partial charge in [0.2, 0.25) is 0 Å². The molecule has 0 bridgehead atoms. The molecule has 0 radical (unpaired) electrons. The third-order valence-electron chi connectivity index (χ3n) is 3.02. The van der Waals surface area contributed by atoms with E-state index in [-0.39, 0.29) is 10.7 Å². The molecule has 23 heavy (non-hydrogen) atoms. The molecule has 3 aromatic rings. The molecule has 0 saturated carbocycles. The molecule has 0 aliphatic heterocycles. The van der Waals surface area contributed by atoms with Crippen LogP contribution in [0, 0.1) is 5.82 Å². The van der Waals surface area contributed by atoms with E-state index in [1.165, 1.54) is 35.3 Å². The van der Waals surface area contributed by atoms with E-state index in [0.717, 1.165) is 6.07 Å². The van der Waals surface area contributed by atoms with Gasteiger partial charge in [-0.2, -0.15) is 5.10 Å². The molecule has 2 heterocycles. The first-order chi connectivity index (χ1) is 10.9. The summed E-state index contributed by atoms with van der Waals surface area (Å²) in [6.45, 7) is 0. The van der Waals surface area contributed by atoms with Crippen LogP contribution in [0.2, 0.25) is 10.0 Å². The molecule has 0 spiro atoms. The van der Waals surface area contributed by atoms with Crippen molar-refractivity contribution in [3.05, 3.63) is 64.3 Å². The number of aromatic carboxylic acids is 1. The molecule has 1 aromatic carbocycles. The van der Waals surface area contributed by atoms with Crippen molar-refractivity contribution in [1.29, 1.82) is 0 Å². The molecular formula is C15H8Cl2FN3O2. The number of carboxylic acid groups (broad SMARTS) is 1. The smallest absolute Gasteiger partial charge is 0.356 e. The molecule has 0 atom stereocenters. The van der Waals surface area contributed by atoms with Crippen LogP contribution in [0.5, 0.6) is 0 Å². The standard InChI is InChI=1S/C15H8Cl2FN3O2/c16-9-1-8(2-11(18)3-9)14-5-13(15(22)23)20-21(14)12-4-10(17)6-19-7-12/h1-7H,(H,22,23). The summed E-state index contributed by atoms with van der Waals surface area (Å²) in [5.41, 5.74) is 0.989. The molecule has 116 valence electrons. The average molecular weight is 352 g/mol. The van der Waals surface area contributed by atoms with Gasteiger partial charge in [-0.1, -0.05) is 23.2 Å². The summed E-state index contributed by atoms with van der Waals surface area (Å²) in [4.78, 5) is 15.2. The number of pyridine rings is 1. The van der Waals surface area contributed by atoms with Crippen molar-refractivity contribution in [2.24, 2.45) is 0 Å². The SMILES string of the molecule is O=C(O)c1cc(-c2cc(F)cc(Cl)c2)n(-c2cncc(Cl)c2)n1. The molecule has 2 aromatic heterocycles. The second-order valence-corrected chi connectivity index (χ2v) is 5.52. The molecule has 0 unspecified atom stereocenters. The van der Waals surface area contributed by atoms with Crippen molar-refractivity contribution in [2.45, 2.75) is 0 Å². The monoisotopic (exact) mass is 351 g/mol. The number of hydrogen-bond donors (Lipinski definition) is 1. The number of aromatic nitrogens is 3. The van der Waals surface area contributed by atoms with Gasteiger partial charge in [0.1, 0.15) is 5.82 Å². The van der Waals surface area contributed by atoms with Gasteiger partial charge in [0.05, 0.1) is 22.6 Å². The number of halogens is 3. The highest BCUT2D eigenvalue weighted by Gasteiger charge is 2.17. The number of carbonyl (C=O) groups is 1. The summed E-state index contributed by atoms with van der Waals surface area (Å²) in [6, 6.07) is 6.81. The number of hydrogen-bond acceptors (Lipinski definition) is 3. The van der Waals surface area contributed by atoms with E-state index in [1.54, 1.807) is 6.07 Å². The third-order valence-corrected chi connectivity index (χ3v) is 3.45. The molecule has 3 rings (SSSR count). The van der Waals surface area contributed by atoms with Gasteiger partial charge in [-0.3, -0.25) is 4.98 Å². The van der Waals surface area contributed by atoms with Crippen molar-refractivity contribution in [1.82, 2.24) is 14.8 Å². The predicted octanol–water partition coefficient (Wildman–Crippen LogP) is 4.08. The zero-order valence-electron chi connectivity index (χ0n) is 11.4. The van der Waals surface area contributed by atoms with Gasteiger partial charge in [0.15, 0.2) is 5.69 Å². The summed E-state index contributed by atoms with van der Waals surface area (Å²) >= 11 is 11.8. The Bertz CT molecular complexity index is 891. The largest absolute Gasteiger partial charge is 0.476 e. The Morgan fingerprint density at radius 1 is 1.09 bits per heavy atom. The molecule has 0 amide bonds. The van der Waals surface area contributed by atoms with Crippen LogP contribution in [0.4, 0.5) is 4.39 Å². The highest BCUT2D eigenvalue weighted by atomic mass is 35.5. The van der Waals surface area contributed by atoms with Crippen LogP contribution in [0.25, 0.3) is 16.9 Å². The fourth-order valence-electron chi connectivity index (χ4n) is 2.11. The van der Waals surface area contributed by atoms with Crippen LogP contribution in [-0.2, 0) is 0 Å². The van der Waals surface area contributed by atoms with Gasteiger partial charge in [0.25, 0.3) is 0 Å². The van der Waals surface area contributed by atoms with Crippen molar-refractivity contribution in [3.63, 3.8) is 0 Å². The Labute approximate surface area is 139 Å². The van der Waals surface area contributed by atoms with Gasteiger partial charge in [0, 0.05) is 16.8 Å². The van der Waals surface area contributed by atoms with Gasteiger partial charge >= 0.3 is 5.97 Å². The maximum Gasteiger partial charge on any atom is 0.356 e. The molecule has 0 saturated heterocycles. The Morgan fingerprint density at radius 2 is 1.87 bits per heavy atom. The lowest BCUT2D eigenvalue weighted by molar-refractivity contribution is 0.0690. The predicted molar refractivity (Wildman–Crippen MR) is 83.7 cm³/mol. The maximum atomic E-state index is 13.6. The molecule has 0 fully saturated rings. The molecular weight excluding hydrogens is 344 g/mol. The van der Waals surface area contributed by atoms with Crippen LogP contribution < -0.4 is 0 Å². The van der Waals surface area contributed by atoms with Crippen molar-refractivity contribution in [2.75, 3.05) is 0 Å². The number of rotatable bonds is 3. The van der Waals surface area contributed by atoms with E-state index in [0.29, 0.717) is 22.0 Å². The fraction of sp³-hybridized carbons (Fsp3) is 0. The molecule has 1 N–H and O–H groups in total. The van der Waals surface area contributed by atoms with Crippen LogP contribution >= 0.6 is 23.2 Å². The van der Waals surface area contributed by atoms with Crippen molar-refractivity contribution >= 4 is 29.2 Å². The lowest BCUT2D eigenvalue weighted by Gasteiger charge is -2.08. The van der Waals surface area contributed by atoms with Crippen molar-refractivity contribution in [3.8, 4) is 16.9 Å². The highest BCUT2D eigenvalue weighted by molar-refractivity contribution is 6.31. The average Bonchev–Trinajstić information content (AvgIpc) is 2.91. The minimum absolute atomic E-state index is 0.189. The number of benzene rings is 1. The van der Waals surface area contributed by atoms with E-state index in [4.69, 9.17) is 28.3 Å². The molecule has 0 aliphatic carbocycles. The summed E-state index contributed by atoms with van der Waals surface area (Å²) < 4.78 is 14.9. The van der Waals surface area contributed by atoms with E-state index < -0.39 is 11.8 Å². The third kappa shape index (κ3) is 3.18. The Kier molecular flexibility index (Phi) is 4.02. The van der Waals surface area contributed by atoms with E-state index in [2.05, 4.69) is 10.1 Å². The zero-order chi connectivity index (χ0) is 16.6. The summed E-state index contributed by atoms with van der Waals surface area (Å²) in [7, 11) is 0. The minimum Gasteiger partial charge on any atom is -0.476 e. The quantitative estimate of drug-likeness (QED) is 0.771. The Morgan fingerprint density at radius 3 is 2.52 bits per heavy atom. The number of nitrogens with zero attached hydrogens (tertiary/aromatic N) is 3. The molecule has 0 aliphatic rings. The second-order valence-electron chi connectivity index (χ2n) is 4.65. The zero-order valence-corrected chi connectivity index (χ0v) is 12.9. The van der Waals surface area contributed by atoms with Crippen LogP contribution in [0.1, 0.15) is 10.5 Å². The van der Waals surface area contributed by atoms with Gasteiger partial charge in [-0.25, -0.2) is 13.9 Å². The summed E-state index contributed by atoms with van der Waals surface area (Å²) in [6.07, 6.45) is 2.90. The maximum absolute atomic E-state index is 13.6. The Hall–Kier alpha value is -2.44. The normalized spacial score (nSPS) is 10.7. The van der Waals surface area contributed by atoms with Gasteiger partial charge < -0.3 is 5.11 Å². The topological polar surface area (TPSA) is 68.0 Å². The number of carboxylic acids is 1.